The lowest BCUT2D eigenvalue weighted by molar-refractivity contribution is -0.130. The minimum atomic E-state index is 0.0381. The van der Waals surface area contributed by atoms with Gasteiger partial charge in [-0.15, -0.1) is 11.3 Å². The molecule has 0 aliphatic rings. The van der Waals surface area contributed by atoms with Gasteiger partial charge >= 0.3 is 0 Å². The SMILES string of the molecule is CC(=O)c1ccc(OCCCC(=O)N(C)Cc2sccc2C)cc1. The van der Waals surface area contributed by atoms with Crippen LogP contribution in [0.4, 0.5) is 0 Å². The third kappa shape index (κ3) is 5.20. The maximum absolute atomic E-state index is 12.1. The molecule has 1 aromatic carbocycles. The molecule has 1 amide bonds. The molecule has 0 unspecified atom stereocenters. The summed E-state index contributed by atoms with van der Waals surface area (Å²) in [5, 5.41) is 2.05. The van der Waals surface area contributed by atoms with Crippen LogP contribution in [-0.2, 0) is 11.3 Å². The minimum absolute atomic E-state index is 0.0381. The Labute approximate surface area is 147 Å². The van der Waals surface area contributed by atoms with Crippen LogP contribution in [0.25, 0.3) is 0 Å². The summed E-state index contributed by atoms with van der Waals surface area (Å²) in [5.74, 6) is 0.879. The number of thiophene rings is 1. The summed E-state index contributed by atoms with van der Waals surface area (Å²) < 4.78 is 5.62. The molecule has 2 aromatic rings. The molecule has 0 atom stereocenters. The molecular weight excluding hydrogens is 322 g/mol. The Bertz CT molecular complexity index is 691. The fourth-order valence-corrected chi connectivity index (χ4v) is 3.22. The molecule has 0 bridgehead atoms. The van der Waals surface area contributed by atoms with Gasteiger partial charge in [0.05, 0.1) is 13.2 Å². The van der Waals surface area contributed by atoms with Crippen molar-refractivity contribution >= 4 is 23.0 Å². The van der Waals surface area contributed by atoms with Gasteiger partial charge in [-0.2, -0.15) is 0 Å². The lowest BCUT2D eigenvalue weighted by atomic mass is 10.1. The van der Waals surface area contributed by atoms with Gasteiger partial charge < -0.3 is 9.64 Å². The summed E-state index contributed by atoms with van der Waals surface area (Å²) in [6, 6.07) is 9.14. The molecule has 0 saturated heterocycles. The van der Waals surface area contributed by atoms with Gasteiger partial charge in [0.2, 0.25) is 5.91 Å². The van der Waals surface area contributed by atoms with E-state index in [9.17, 15) is 9.59 Å². The Balaban J connectivity index is 1.70. The van der Waals surface area contributed by atoms with Gasteiger partial charge in [-0.25, -0.2) is 0 Å². The van der Waals surface area contributed by atoms with Crippen molar-refractivity contribution in [2.24, 2.45) is 0 Å². The highest BCUT2D eigenvalue weighted by Crippen LogP contribution is 2.18. The number of ketones is 1. The summed E-state index contributed by atoms with van der Waals surface area (Å²) >= 11 is 1.68. The number of hydrogen-bond acceptors (Lipinski definition) is 4. The molecule has 0 saturated carbocycles. The van der Waals surface area contributed by atoms with Crippen molar-refractivity contribution in [1.82, 2.24) is 4.90 Å². The summed E-state index contributed by atoms with van der Waals surface area (Å²) in [5.41, 5.74) is 1.90. The van der Waals surface area contributed by atoms with E-state index in [-0.39, 0.29) is 11.7 Å². The van der Waals surface area contributed by atoms with E-state index < -0.39 is 0 Å². The average molecular weight is 345 g/mol. The van der Waals surface area contributed by atoms with E-state index in [1.165, 1.54) is 17.4 Å². The fraction of sp³-hybridized carbons (Fsp3) is 0.368. The minimum Gasteiger partial charge on any atom is -0.494 e. The van der Waals surface area contributed by atoms with Crippen LogP contribution >= 0.6 is 11.3 Å². The summed E-state index contributed by atoms with van der Waals surface area (Å²) in [4.78, 5) is 26.4. The summed E-state index contributed by atoms with van der Waals surface area (Å²) in [6.07, 6.45) is 1.13. The van der Waals surface area contributed by atoms with Crippen LogP contribution in [0.3, 0.4) is 0 Å². The van der Waals surface area contributed by atoms with E-state index >= 15 is 0 Å². The van der Waals surface area contributed by atoms with Gasteiger partial charge in [0.1, 0.15) is 5.75 Å². The first-order valence-electron chi connectivity index (χ1n) is 7.98. The quantitative estimate of drug-likeness (QED) is 0.535. The Morgan fingerprint density at radius 1 is 1.17 bits per heavy atom. The van der Waals surface area contributed by atoms with Crippen molar-refractivity contribution < 1.29 is 14.3 Å². The first-order valence-corrected chi connectivity index (χ1v) is 8.86. The monoisotopic (exact) mass is 345 g/mol. The number of benzene rings is 1. The molecule has 1 aromatic heterocycles. The van der Waals surface area contributed by atoms with Crippen LogP contribution in [0.15, 0.2) is 35.7 Å². The van der Waals surface area contributed by atoms with Crippen LogP contribution < -0.4 is 4.74 Å². The van der Waals surface area contributed by atoms with Gasteiger partial charge in [-0.1, -0.05) is 0 Å². The number of aryl methyl sites for hydroxylation is 1. The molecular formula is C19H23NO3S. The van der Waals surface area contributed by atoms with Crippen LogP contribution in [-0.4, -0.2) is 30.2 Å². The largest absolute Gasteiger partial charge is 0.494 e. The predicted octanol–water partition coefficient (Wildman–Crippen LogP) is 4.08. The number of amides is 1. The van der Waals surface area contributed by atoms with Crippen molar-refractivity contribution in [1.29, 1.82) is 0 Å². The second-order valence-corrected chi connectivity index (χ2v) is 6.81. The molecule has 0 aliphatic carbocycles. The molecule has 0 aliphatic heterocycles. The van der Waals surface area contributed by atoms with Crippen LogP contribution in [0.2, 0.25) is 0 Å². The Kier molecular flexibility index (Phi) is 6.55. The Morgan fingerprint density at radius 3 is 2.46 bits per heavy atom. The molecule has 2 rings (SSSR count). The van der Waals surface area contributed by atoms with Crippen molar-refractivity contribution in [2.75, 3.05) is 13.7 Å². The van der Waals surface area contributed by atoms with Gasteiger partial charge in [0, 0.05) is 23.9 Å². The van der Waals surface area contributed by atoms with E-state index in [0.717, 1.165) is 5.75 Å². The van der Waals surface area contributed by atoms with Crippen molar-refractivity contribution in [3.8, 4) is 5.75 Å². The standard InChI is InChI=1S/C19H23NO3S/c1-14-10-12-24-18(14)13-20(3)19(22)5-4-11-23-17-8-6-16(7-9-17)15(2)21/h6-10,12H,4-5,11,13H2,1-3H3. The zero-order valence-corrected chi connectivity index (χ0v) is 15.2. The molecule has 1 heterocycles. The highest BCUT2D eigenvalue weighted by Gasteiger charge is 2.11. The summed E-state index contributed by atoms with van der Waals surface area (Å²) in [6.45, 7) is 4.75. The third-order valence-corrected chi connectivity index (χ3v) is 4.85. The van der Waals surface area contributed by atoms with Gasteiger partial charge in [0.15, 0.2) is 5.78 Å². The van der Waals surface area contributed by atoms with Crippen LogP contribution in [0.1, 0.15) is 40.6 Å². The predicted molar refractivity (Wildman–Crippen MR) is 96.7 cm³/mol. The van der Waals surface area contributed by atoms with Crippen molar-refractivity contribution in [2.45, 2.75) is 33.2 Å². The fourth-order valence-electron chi connectivity index (χ4n) is 2.26. The number of hydrogen-bond donors (Lipinski definition) is 0. The Morgan fingerprint density at radius 2 is 1.88 bits per heavy atom. The summed E-state index contributed by atoms with van der Waals surface area (Å²) in [7, 11) is 1.84. The van der Waals surface area contributed by atoms with E-state index in [0.29, 0.717) is 31.6 Å². The molecule has 0 fully saturated rings. The zero-order chi connectivity index (χ0) is 17.5. The average Bonchev–Trinajstić information content (AvgIpc) is 2.96. The van der Waals surface area contributed by atoms with Crippen molar-refractivity contribution in [3.05, 3.63) is 51.7 Å². The molecule has 5 heteroatoms. The molecule has 0 N–H and O–H groups in total. The van der Waals surface area contributed by atoms with Crippen LogP contribution in [0.5, 0.6) is 5.75 Å². The van der Waals surface area contributed by atoms with Gasteiger partial charge in [-0.3, -0.25) is 9.59 Å². The van der Waals surface area contributed by atoms with Gasteiger partial charge in [0.25, 0.3) is 0 Å². The normalized spacial score (nSPS) is 10.5. The van der Waals surface area contributed by atoms with E-state index in [1.54, 1.807) is 40.5 Å². The maximum atomic E-state index is 12.1. The third-order valence-electron chi connectivity index (χ3n) is 3.84. The zero-order valence-electron chi connectivity index (χ0n) is 14.4. The van der Waals surface area contributed by atoms with E-state index in [4.69, 9.17) is 4.74 Å². The number of Topliss-reactive ketones (excluding diaryl/α,β-unsaturated/α-hetero) is 1. The molecule has 24 heavy (non-hydrogen) atoms. The number of carbonyl (C=O) groups is 2. The second-order valence-electron chi connectivity index (χ2n) is 5.81. The Hall–Kier alpha value is -2.14. The lowest BCUT2D eigenvalue weighted by Gasteiger charge is -2.17. The molecule has 0 spiro atoms. The number of ether oxygens (including phenoxy) is 1. The molecule has 128 valence electrons. The highest BCUT2D eigenvalue weighted by molar-refractivity contribution is 7.10. The van der Waals surface area contributed by atoms with E-state index in [1.807, 2.05) is 12.4 Å². The second kappa shape index (κ2) is 8.64. The van der Waals surface area contributed by atoms with Crippen LogP contribution in [0, 0.1) is 6.92 Å². The maximum Gasteiger partial charge on any atom is 0.222 e. The first kappa shape index (κ1) is 18.2. The van der Waals surface area contributed by atoms with Gasteiger partial charge in [-0.05, 0) is 61.5 Å². The number of carbonyl (C=O) groups excluding carboxylic acids is 2. The first-order chi connectivity index (χ1) is 11.5. The topological polar surface area (TPSA) is 46.6 Å². The van der Waals surface area contributed by atoms with E-state index in [2.05, 4.69) is 13.0 Å². The molecule has 4 nitrogen and oxygen atoms in total. The molecule has 0 radical (unpaired) electrons. The van der Waals surface area contributed by atoms with Crippen molar-refractivity contribution in [3.63, 3.8) is 0 Å². The smallest absolute Gasteiger partial charge is 0.222 e. The number of nitrogens with zero attached hydrogens (tertiary/aromatic N) is 1. The number of rotatable bonds is 8. The lowest BCUT2D eigenvalue weighted by Crippen LogP contribution is -2.26. The highest BCUT2D eigenvalue weighted by atomic mass is 32.1.